The molecule has 1 aliphatic rings. The van der Waals surface area contributed by atoms with Gasteiger partial charge in [-0.25, -0.2) is 0 Å². The van der Waals surface area contributed by atoms with Gasteiger partial charge >= 0.3 is 0 Å². The molecule has 15 heavy (non-hydrogen) atoms. The van der Waals surface area contributed by atoms with Gasteiger partial charge in [0.2, 0.25) is 0 Å². The molecule has 0 N–H and O–H groups in total. The van der Waals surface area contributed by atoms with Crippen LogP contribution in [0.5, 0.6) is 0 Å². The van der Waals surface area contributed by atoms with Crippen LogP contribution in [-0.2, 0) is 20.0 Å². The van der Waals surface area contributed by atoms with Crippen molar-refractivity contribution in [2.45, 2.75) is 13.0 Å². The zero-order chi connectivity index (χ0) is 11.0. The van der Waals surface area contributed by atoms with Gasteiger partial charge in [0.05, 0.1) is 0 Å². The van der Waals surface area contributed by atoms with Gasteiger partial charge in [-0.05, 0) is 18.7 Å². The molecule has 78 valence electrons. The summed E-state index contributed by atoms with van der Waals surface area (Å²) < 4.78 is 1.61. The van der Waals surface area contributed by atoms with Crippen LogP contribution in [0.15, 0.2) is 10.9 Å². The number of aromatic nitrogens is 1. The third kappa shape index (κ3) is 1.55. The van der Waals surface area contributed by atoms with Gasteiger partial charge in [0.1, 0.15) is 11.6 Å². The molecule has 0 unspecified atom stereocenters. The second kappa shape index (κ2) is 3.52. The lowest BCUT2D eigenvalue weighted by atomic mass is 10.0. The largest absolute Gasteiger partial charge is 0.314 e. The van der Waals surface area contributed by atoms with Gasteiger partial charge in [0, 0.05) is 32.3 Å². The molecule has 2 rings (SSSR count). The summed E-state index contributed by atoms with van der Waals surface area (Å²) in [6.07, 6.45) is 0.878. The average Bonchev–Trinajstić information content (AvgIpc) is 2.23. The van der Waals surface area contributed by atoms with Crippen molar-refractivity contribution in [1.82, 2.24) is 9.47 Å². The molecular formula is C11H13N3O. The molecular weight excluding hydrogens is 190 g/mol. The zero-order valence-corrected chi connectivity index (χ0v) is 8.95. The fraction of sp³-hybridized carbons (Fsp3) is 0.455. The maximum atomic E-state index is 11.7. The maximum Gasteiger partial charge on any atom is 0.268 e. The predicted octanol–water partition coefficient (Wildman–Crippen LogP) is 0.245. The molecule has 2 heterocycles. The lowest BCUT2D eigenvalue weighted by Gasteiger charge is -2.26. The van der Waals surface area contributed by atoms with Gasteiger partial charge in [-0.3, -0.25) is 4.79 Å². The Balaban J connectivity index is 2.64. The highest BCUT2D eigenvalue weighted by Gasteiger charge is 2.17. The Morgan fingerprint density at radius 2 is 2.20 bits per heavy atom. The number of likely N-dealkylation sites (N-methyl/N-ethyl adjacent to an activating group) is 1. The summed E-state index contributed by atoms with van der Waals surface area (Å²) >= 11 is 0. The van der Waals surface area contributed by atoms with Gasteiger partial charge in [-0.2, -0.15) is 5.26 Å². The molecule has 4 nitrogen and oxygen atoms in total. The highest BCUT2D eigenvalue weighted by Crippen LogP contribution is 2.16. The number of rotatable bonds is 0. The third-order valence-corrected chi connectivity index (χ3v) is 2.92. The van der Waals surface area contributed by atoms with Crippen molar-refractivity contribution < 1.29 is 0 Å². The first-order valence-corrected chi connectivity index (χ1v) is 4.94. The molecule has 0 radical (unpaired) electrons. The van der Waals surface area contributed by atoms with E-state index in [0.29, 0.717) is 0 Å². The first-order valence-electron chi connectivity index (χ1n) is 4.94. The second-order valence-electron chi connectivity index (χ2n) is 3.99. The summed E-state index contributed by atoms with van der Waals surface area (Å²) in [6.45, 7) is 1.78. The standard InChI is InChI=1S/C11H13N3O/c1-13-4-3-10-9(7-13)5-8(6-12)11(15)14(10)2/h5H,3-4,7H2,1-2H3. The van der Waals surface area contributed by atoms with Gasteiger partial charge < -0.3 is 9.47 Å². The summed E-state index contributed by atoms with van der Waals surface area (Å²) in [5, 5.41) is 8.83. The minimum Gasteiger partial charge on any atom is -0.314 e. The van der Waals surface area contributed by atoms with Crippen LogP contribution in [0.25, 0.3) is 0 Å². The molecule has 0 aliphatic carbocycles. The molecule has 0 fully saturated rings. The average molecular weight is 203 g/mol. The van der Waals surface area contributed by atoms with E-state index in [2.05, 4.69) is 4.90 Å². The van der Waals surface area contributed by atoms with E-state index in [-0.39, 0.29) is 11.1 Å². The van der Waals surface area contributed by atoms with E-state index in [4.69, 9.17) is 5.26 Å². The first kappa shape index (κ1) is 9.94. The SMILES string of the molecule is CN1CCc2c(cc(C#N)c(=O)n2C)C1. The Hall–Kier alpha value is -1.60. The molecule has 0 atom stereocenters. The van der Waals surface area contributed by atoms with Crippen molar-refractivity contribution in [2.75, 3.05) is 13.6 Å². The topological polar surface area (TPSA) is 49.0 Å². The zero-order valence-electron chi connectivity index (χ0n) is 8.95. The summed E-state index contributed by atoms with van der Waals surface area (Å²) in [4.78, 5) is 13.9. The Kier molecular flexibility index (Phi) is 2.33. The number of nitriles is 1. The highest BCUT2D eigenvalue weighted by atomic mass is 16.1. The van der Waals surface area contributed by atoms with E-state index in [1.54, 1.807) is 17.7 Å². The molecule has 0 spiro atoms. The molecule has 4 heteroatoms. The number of pyridine rings is 1. The molecule has 0 bridgehead atoms. The quantitative estimate of drug-likeness (QED) is 0.607. The molecule has 1 aromatic heterocycles. The fourth-order valence-corrected chi connectivity index (χ4v) is 2.05. The Morgan fingerprint density at radius 3 is 2.87 bits per heavy atom. The normalized spacial score (nSPS) is 15.8. The van der Waals surface area contributed by atoms with E-state index >= 15 is 0 Å². The number of fused-ring (bicyclic) bond motifs is 1. The van der Waals surface area contributed by atoms with Gasteiger partial charge in [0.25, 0.3) is 5.56 Å². The highest BCUT2D eigenvalue weighted by molar-refractivity contribution is 5.35. The van der Waals surface area contributed by atoms with Gasteiger partial charge in [-0.1, -0.05) is 0 Å². The molecule has 0 aromatic carbocycles. The lowest BCUT2D eigenvalue weighted by Crippen LogP contribution is -2.33. The summed E-state index contributed by atoms with van der Waals surface area (Å²) in [5.41, 5.74) is 2.23. The van der Waals surface area contributed by atoms with E-state index in [9.17, 15) is 4.79 Å². The molecule has 1 aromatic rings. The van der Waals surface area contributed by atoms with Crippen LogP contribution in [0.3, 0.4) is 0 Å². The summed E-state index contributed by atoms with van der Waals surface area (Å²) in [6, 6.07) is 3.68. The molecule has 0 amide bonds. The predicted molar refractivity (Wildman–Crippen MR) is 56.4 cm³/mol. The number of hydrogen-bond acceptors (Lipinski definition) is 3. The monoisotopic (exact) mass is 203 g/mol. The van der Waals surface area contributed by atoms with Crippen LogP contribution >= 0.6 is 0 Å². The van der Waals surface area contributed by atoms with E-state index in [1.165, 1.54) is 0 Å². The smallest absolute Gasteiger partial charge is 0.268 e. The van der Waals surface area contributed by atoms with Crippen LogP contribution in [0.2, 0.25) is 0 Å². The Morgan fingerprint density at radius 1 is 1.47 bits per heavy atom. The van der Waals surface area contributed by atoms with Crippen molar-refractivity contribution in [1.29, 1.82) is 5.26 Å². The van der Waals surface area contributed by atoms with Gasteiger partial charge in [0.15, 0.2) is 0 Å². The van der Waals surface area contributed by atoms with Gasteiger partial charge in [-0.15, -0.1) is 0 Å². The summed E-state index contributed by atoms with van der Waals surface area (Å²) in [7, 11) is 3.79. The maximum absolute atomic E-state index is 11.7. The lowest BCUT2D eigenvalue weighted by molar-refractivity contribution is 0.306. The molecule has 0 saturated carbocycles. The Labute approximate surface area is 88.4 Å². The third-order valence-electron chi connectivity index (χ3n) is 2.92. The van der Waals surface area contributed by atoms with Crippen LogP contribution in [0, 0.1) is 11.3 Å². The summed E-state index contributed by atoms with van der Waals surface area (Å²) in [5.74, 6) is 0. The van der Waals surface area contributed by atoms with Crippen LogP contribution in [-0.4, -0.2) is 23.1 Å². The first-order chi connectivity index (χ1) is 7.13. The van der Waals surface area contributed by atoms with Crippen LogP contribution in [0.1, 0.15) is 16.8 Å². The van der Waals surface area contributed by atoms with Crippen molar-refractivity contribution in [3.05, 3.63) is 33.2 Å². The Bertz CT molecular complexity index is 496. The molecule has 0 saturated heterocycles. The minimum atomic E-state index is -0.180. The van der Waals surface area contributed by atoms with E-state index < -0.39 is 0 Å². The van der Waals surface area contributed by atoms with Crippen molar-refractivity contribution in [3.63, 3.8) is 0 Å². The second-order valence-corrected chi connectivity index (χ2v) is 3.99. The number of hydrogen-bond donors (Lipinski definition) is 0. The fourth-order valence-electron chi connectivity index (χ4n) is 2.05. The molecule has 1 aliphatic heterocycles. The van der Waals surface area contributed by atoms with Crippen LogP contribution in [0.4, 0.5) is 0 Å². The minimum absolute atomic E-state index is 0.180. The van der Waals surface area contributed by atoms with Crippen LogP contribution < -0.4 is 5.56 Å². The van der Waals surface area contributed by atoms with Crippen molar-refractivity contribution in [3.8, 4) is 6.07 Å². The number of nitrogens with zero attached hydrogens (tertiary/aromatic N) is 3. The van der Waals surface area contributed by atoms with E-state index in [0.717, 1.165) is 30.8 Å². The van der Waals surface area contributed by atoms with Crippen molar-refractivity contribution in [2.24, 2.45) is 7.05 Å². The van der Waals surface area contributed by atoms with E-state index in [1.807, 2.05) is 13.1 Å². The van der Waals surface area contributed by atoms with Crippen molar-refractivity contribution >= 4 is 0 Å².